The van der Waals surface area contributed by atoms with Crippen molar-refractivity contribution >= 4 is 33.3 Å². The zero-order valence-corrected chi connectivity index (χ0v) is 20.7. The fourth-order valence-corrected chi connectivity index (χ4v) is 5.08. The number of nitrogens with zero attached hydrogens (tertiary/aromatic N) is 2. The van der Waals surface area contributed by atoms with Gasteiger partial charge >= 0.3 is 0 Å². The Morgan fingerprint density at radius 3 is 2.67 bits per heavy atom. The smallest absolute Gasteiger partial charge is 0.175 e. The molecule has 0 spiro atoms. The number of allylic oxidation sites excluding steroid dienone is 3. The zero-order chi connectivity index (χ0) is 23.7. The second-order valence-electron chi connectivity index (χ2n) is 7.99. The second kappa shape index (κ2) is 9.50. The molecule has 0 fully saturated rings. The molecule has 0 bridgehead atoms. The summed E-state index contributed by atoms with van der Waals surface area (Å²) in [6, 6.07) is 13.3. The summed E-state index contributed by atoms with van der Waals surface area (Å²) in [6.45, 7) is 0.323. The maximum absolute atomic E-state index is 13.0. The number of hydrogen-bond acceptors (Lipinski definition) is 6. The number of halogens is 2. The monoisotopic (exact) mass is 527 g/mol. The highest BCUT2D eigenvalue weighted by Gasteiger charge is 2.39. The van der Waals surface area contributed by atoms with Crippen LogP contribution in [0.25, 0.3) is 0 Å². The van der Waals surface area contributed by atoms with Gasteiger partial charge in [0, 0.05) is 29.8 Å². The van der Waals surface area contributed by atoms with Crippen molar-refractivity contribution in [1.29, 1.82) is 5.26 Å². The normalized spacial score (nSPS) is 18.2. The van der Waals surface area contributed by atoms with Crippen molar-refractivity contribution in [2.45, 2.75) is 31.8 Å². The van der Waals surface area contributed by atoms with E-state index in [9.17, 15) is 10.1 Å². The summed E-state index contributed by atoms with van der Waals surface area (Å²) in [4.78, 5) is 14.8. The molecule has 0 aromatic heterocycles. The van der Waals surface area contributed by atoms with Crippen LogP contribution >= 0.6 is 27.5 Å². The third kappa shape index (κ3) is 4.33. The molecule has 0 amide bonds. The Bertz CT molecular complexity index is 1210. The van der Waals surface area contributed by atoms with E-state index < -0.39 is 5.92 Å². The highest BCUT2D eigenvalue weighted by molar-refractivity contribution is 9.10. The molecule has 0 unspecified atom stereocenters. The number of nitriles is 1. The standard InChI is InChI=1S/C25H23BrClN3O3/c1-30-19-4-3-5-20(31)23(19)22(17(12-28)25(30)29)15-10-18(26)24(21(11-15)32-2)33-13-14-6-8-16(27)9-7-14/h6-11,22H,3-5,13,29H2,1-2H3/t22-/m1/s1. The number of ether oxygens (including phenoxy) is 2. The van der Waals surface area contributed by atoms with E-state index in [1.165, 1.54) is 0 Å². The number of ketones is 1. The molecule has 1 atom stereocenters. The molecule has 2 N–H and O–H groups in total. The lowest BCUT2D eigenvalue weighted by Crippen LogP contribution is -2.36. The van der Waals surface area contributed by atoms with E-state index in [0.29, 0.717) is 51.0 Å². The molecule has 8 heteroatoms. The average Bonchev–Trinajstić information content (AvgIpc) is 2.81. The lowest BCUT2D eigenvalue weighted by molar-refractivity contribution is -0.116. The molecule has 0 saturated carbocycles. The van der Waals surface area contributed by atoms with Crippen LogP contribution in [0.4, 0.5) is 0 Å². The number of nitrogens with two attached hydrogens (primary N) is 1. The first-order chi connectivity index (χ1) is 15.8. The first kappa shape index (κ1) is 23.2. The van der Waals surface area contributed by atoms with Crippen LogP contribution in [0, 0.1) is 11.3 Å². The molecule has 1 aliphatic heterocycles. The van der Waals surface area contributed by atoms with Gasteiger partial charge in [-0.15, -0.1) is 0 Å². The summed E-state index contributed by atoms with van der Waals surface area (Å²) in [6.07, 6.45) is 1.98. The lowest BCUT2D eigenvalue weighted by atomic mass is 9.76. The minimum absolute atomic E-state index is 0.0477. The highest BCUT2D eigenvalue weighted by atomic mass is 79.9. The van der Waals surface area contributed by atoms with Crippen molar-refractivity contribution < 1.29 is 14.3 Å². The molecule has 2 aromatic rings. The summed E-state index contributed by atoms with van der Waals surface area (Å²) in [5, 5.41) is 10.6. The van der Waals surface area contributed by atoms with Crippen LogP contribution in [-0.2, 0) is 11.4 Å². The van der Waals surface area contributed by atoms with Crippen molar-refractivity contribution in [2.24, 2.45) is 5.73 Å². The summed E-state index contributed by atoms with van der Waals surface area (Å²) < 4.78 is 12.3. The van der Waals surface area contributed by atoms with Crippen LogP contribution in [0.2, 0.25) is 5.02 Å². The zero-order valence-electron chi connectivity index (χ0n) is 18.3. The van der Waals surface area contributed by atoms with Gasteiger partial charge in [-0.05, 0) is 64.2 Å². The van der Waals surface area contributed by atoms with E-state index in [2.05, 4.69) is 22.0 Å². The van der Waals surface area contributed by atoms with Crippen LogP contribution in [0.3, 0.4) is 0 Å². The van der Waals surface area contributed by atoms with Gasteiger partial charge in [-0.1, -0.05) is 23.7 Å². The molecular formula is C25H23BrClN3O3. The van der Waals surface area contributed by atoms with E-state index in [-0.39, 0.29) is 5.78 Å². The fraction of sp³-hybridized carbons (Fsp3) is 0.280. The number of Topliss-reactive ketones (excluding diaryl/α,β-unsaturated/α-hetero) is 1. The third-order valence-corrected chi connectivity index (χ3v) is 6.89. The van der Waals surface area contributed by atoms with Crippen molar-refractivity contribution in [3.63, 3.8) is 0 Å². The first-order valence-electron chi connectivity index (χ1n) is 10.5. The Labute approximate surface area is 206 Å². The number of rotatable bonds is 5. The van der Waals surface area contributed by atoms with E-state index in [0.717, 1.165) is 29.7 Å². The molecule has 0 saturated heterocycles. The molecule has 170 valence electrons. The Hall–Kier alpha value is -2.95. The summed E-state index contributed by atoms with van der Waals surface area (Å²) in [7, 11) is 3.36. The van der Waals surface area contributed by atoms with Gasteiger partial charge in [0.05, 0.1) is 29.1 Å². The van der Waals surface area contributed by atoms with Gasteiger partial charge in [-0.25, -0.2) is 0 Å². The van der Waals surface area contributed by atoms with Crippen molar-refractivity contribution in [1.82, 2.24) is 4.90 Å². The second-order valence-corrected chi connectivity index (χ2v) is 9.28. The third-order valence-electron chi connectivity index (χ3n) is 6.05. The van der Waals surface area contributed by atoms with Crippen LogP contribution in [0.1, 0.15) is 36.3 Å². The fourth-order valence-electron chi connectivity index (χ4n) is 4.38. The van der Waals surface area contributed by atoms with Gasteiger partial charge in [0.15, 0.2) is 17.3 Å². The van der Waals surface area contributed by atoms with Gasteiger partial charge in [0.2, 0.25) is 0 Å². The van der Waals surface area contributed by atoms with E-state index in [4.69, 9.17) is 26.8 Å². The summed E-state index contributed by atoms with van der Waals surface area (Å²) >= 11 is 9.56. The minimum atomic E-state index is -0.551. The van der Waals surface area contributed by atoms with E-state index in [1.54, 1.807) is 19.1 Å². The van der Waals surface area contributed by atoms with Crippen LogP contribution in [0.5, 0.6) is 11.5 Å². The van der Waals surface area contributed by atoms with Crippen molar-refractivity contribution in [3.8, 4) is 17.6 Å². The maximum atomic E-state index is 13.0. The predicted octanol–water partition coefficient (Wildman–Crippen LogP) is 5.42. The van der Waals surface area contributed by atoms with Crippen LogP contribution in [-0.4, -0.2) is 24.8 Å². The Kier molecular flexibility index (Phi) is 6.68. The largest absolute Gasteiger partial charge is 0.493 e. The predicted molar refractivity (Wildman–Crippen MR) is 130 cm³/mol. The van der Waals surface area contributed by atoms with Crippen LogP contribution in [0.15, 0.2) is 63.5 Å². The van der Waals surface area contributed by atoms with E-state index >= 15 is 0 Å². The Balaban J connectivity index is 1.75. The molecule has 4 rings (SSSR count). The van der Waals surface area contributed by atoms with Gasteiger partial charge in [0.25, 0.3) is 0 Å². The average molecular weight is 529 g/mol. The summed E-state index contributed by atoms with van der Waals surface area (Å²) in [5.74, 6) is 0.891. The number of carbonyl (C=O) groups excluding carboxylic acids is 1. The Morgan fingerprint density at radius 2 is 2.00 bits per heavy atom. The number of carbonyl (C=O) groups is 1. The number of hydrogen-bond donors (Lipinski definition) is 1. The first-order valence-corrected chi connectivity index (χ1v) is 11.7. The quantitative estimate of drug-likeness (QED) is 0.557. The van der Waals surface area contributed by atoms with Gasteiger partial charge in [-0.2, -0.15) is 5.26 Å². The molecule has 1 aliphatic carbocycles. The summed E-state index contributed by atoms with van der Waals surface area (Å²) in [5.41, 5.74) is 9.91. The molecule has 2 aromatic carbocycles. The molecule has 1 heterocycles. The lowest BCUT2D eigenvalue weighted by Gasteiger charge is -2.37. The minimum Gasteiger partial charge on any atom is -0.493 e. The van der Waals surface area contributed by atoms with Crippen LogP contribution < -0.4 is 15.2 Å². The Morgan fingerprint density at radius 1 is 1.27 bits per heavy atom. The topological polar surface area (TPSA) is 88.6 Å². The van der Waals surface area contributed by atoms with Gasteiger partial charge in [-0.3, -0.25) is 4.79 Å². The highest BCUT2D eigenvalue weighted by Crippen LogP contribution is 2.47. The molecule has 0 radical (unpaired) electrons. The van der Waals surface area contributed by atoms with Gasteiger partial charge < -0.3 is 20.1 Å². The molecular weight excluding hydrogens is 506 g/mol. The van der Waals surface area contributed by atoms with Crippen molar-refractivity contribution in [3.05, 3.63) is 79.7 Å². The molecule has 2 aliphatic rings. The number of benzene rings is 2. The van der Waals surface area contributed by atoms with Crippen molar-refractivity contribution in [2.75, 3.05) is 14.2 Å². The van der Waals surface area contributed by atoms with E-state index in [1.807, 2.05) is 36.4 Å². The SMILES string of the molecule is COc1cc([C@@H]2C(C#N)=C(N)N(C)C3=C2C(=O)CCC3)cc(Br)c1OCc1ccc(Cl)cc1. The number of methoxy groups -OCH3 is 1. The molecule has 33 heavy (non-hydrogen) atoms. The maximum Gasteiger partial charge on any atom is 0.175 e. The molecule has 6 nitrogen and oxygen atoms in total. The van der Waals surface area contributed by atoms with Gasteiger partial charge in [0.1, 0.15) is 12.4 Å².